The minimum Gasteiger partial charge on any atom is -0.497 e. The summed E-state index contributed by atoms with van der Waals surface area (Å²) in [6, 6.07) is 6.49. The van der Waals surface area contributed by atoms with Gasteiger partial charge in [-0.2, -0.15) is 5.10 Å². The molecule has 0 saturated carbocycles. The van der Waals surface area contributed by atoms with Crippen molar-refractivity contribution in [3.05, 3.63) is 40.8 Å². The van der Waals surface area contributed by atoms with Crippen LogP contribution in [-0.2, 0) is 7.05 Å². The average Bonchev–Trinajstić information content (AvgIpc) is 3.17. The molecule has 0 aliphatic carbocycles. The standard InChI is InChI=1S/C19H25N5O4/c1-23-18(25)8-14(11-21-23)24-7-6-13(12-24)10-20-19(26)22-16-9-15(27-2)4-5-17(16)28-3/h4-5,8-9,11,13H,6-7,10,12H2,1-3H3,(H2,20,22,26)/t13-/m1/s1. The molecular formula is C19H25N5O4. The van der Waals surface area contributed by atoms with Gasteiger partial charge in [0.05, 0.1) is 31.8 Å². The number of benzene rings is 1. The number of aryl methyl sites for hydroxylation is 1. The number of nitrogens with one attached hydrogen (secondary N) is 2. The van der Waals surface area contributed by atoms with Gasteiger partial charge in [0.1, 0.15) is 11.5 Å². The smallest absolute Gasteiger partial charge is 0.319 e. The number of aromatic nitrogens is 2. The maximum absolute atomic E-state index is 12.3. The third-order valence-electron chi connectivity index (χ3n) is 4.81. The van der Waals surface area contributed by atoms with E-state index in [9.17, 15) is 9.59 Å². The van der Waals surface area contributed by atoms with Crippen LogP contribution in [0.15, 0.2) is 35.3 Å². The summed E-state index contributed by atoms with van der Waals surface area (Å²) in [5, 5.41) is 9.75. The number of hydrogen-bond acceptors (Lipinski definition) is 6. The molecule has 28 heavy (non-hydrogen) atoms. The molecule has 9 heteroatoms. The van der Waals surface area contributed by atoms with Gasteiger partial charge in [-0.1, -0.05) is 0 Å². The number of urea groups is 1. The second-order valence-corrected chi connectivity index (χ2v) is 6.68. The van der Waals surface area contributed by atoms with E-state index in [0.717, 1.165) is 25.2 Å². The zero-order chi connectivity index (χ0) is 20.1. The molecule has 1 aromatic carbocycles. The summed E-state index contributed by atoms with van der Waals surface area (Å²) in [6.07, 6.45) is 2.62. The lowest BCUT2D eigenvalue weighted by atomic mass is 10.1. The maximum Gasteiger partial charge on any atom is 0.319 e. The average molecular weight is 387 g/mol. The van der Waals surface area contributed by atoms with Crippen LogP contribution in [0.1, 0.15) is 6.42 Å². The Bertz CT molecular complexity index is 898. The quantitative estimate of drug-likeness (QED) is 0.779. The van der Waals surface area contributed by atoms with Crippen molar-refractivity contribution in [3.8, 4) is 11.5 Å². The van der Waals surface area contributed by atoms with Crippen LogP contribution in [0.25, 0.3) is 0 Å². The Morgan fingerprint density at radius 3 is 2.82 bits per heavy atom. The summed E-state index contributed by atoms with van der Waals surface area (Å²) in [4.78, 5) is 26.2. The molecule has 2 amide bonds. The molecule has 1 aliphatic heterocycles. The number of carbonyl (C=O) groups is 1. The van der Waals surface area contributed by atoms with E-state index in [4.69, 9.17) is 9.47 Å². The molecule has 0 bridgehead atoms. The third-order valence-corrected chi connectivity index (χ3v) is 4.81. The van der Waals surface area contributed by atoms with E-state index in [1.807, 2.05) is 0 Å². The summed E-state index contributed by atoms with van der Waals surface area (Å²) in [5.41, 5.74) is 1.22. The number of hydrogen-bond donors (Lipinski definition) is 2. The maximum atomic E-state index is 12.3. The van der Waals surface area contributed by atoms with E-state index < -0.39 is 0 Å². The molecule has 2 heterocycles. The lowest BCUT2D eigenvalue weighted by Crippen LogP contribution is -2.34. The lowest BCUT2D eigenvalue weighted by molar-refractivity contribution is 0.250. The van der Waals surface area contributed by atoms with Gasteiger partial charge < -0.3 is 25.0 Å². The number of rotatable bonds is 6. The Balaban J connectivity index is 1.53. The number of amides is 2. The molecular weight excluding hydrogens is 362 g/mol. The van der Waals surface area contributed by atoms with E-state index >= 15 is 0 Å². The number of methoxy groups -OCH3 is 2. The number of anilines is 2. The number of ether oxygens (including phenoxy) is 2. The van der Waals surface area contributed by atoms with Crippen molar-refractivity contribution in [1.29, 1.82) is 0 Å². The highest BCUT2D eigenvalue weighted by Crippen LogP contribution is 2.28. The third kappa shape index (κ3) is 4.54. The van der Waals surface area contributed by atoms with Crippen LogP contribution in [0.4, 0.5) is 16.2 Å². The van der Waals surface area contributed by atoms with Crippen LogP contribution in [0.5, 0.6) is 11.5 Å². The normalized spacial score (nSPS) is 16.0. The first-order valence-corrected chi connectivity index (χ1v) is 9.05. The van der Waals surface area contributed by atoms with E-state index in [1.54, 1.807) is 51.7 Å². The topological polar surface area (TPSA) is 97.7 Å². The van der Waals surface area contributed by atoms with Crippen molar-refractivity contribution in [2.45, 2.75) is 6.42 Å². The van der Waals surface area contributed by atoms with Gasteiger partial charge in [-0.15, -0.1) is 0 Å². The highest BCUT2D eigenvalue weighted by atomic mass is 16.5. The summed E-state index contributed by atoms with van der Waals surface area (Å²) >= 11 is 0. The molecule has 1 saturated heterocycles. The van der Waals surface area contributed by atoms with E-state index in [2.05, 4.69) is 20.6 Å². The lowest BCUT2D eigenvalue weighted by Gasteiger charge is -2.18. The fourth-order valence-electron chi connectivity index (χ4n) is 3.18. The molecule has 1 atom stereocenters. The molecule has 0 radical (unpaired) electrons. The molecule has 1 aliphatic rings. The van der Waals surface area contributed by atoms with Crippen molar-refractivity contribution >= 4 is 17.4 Å². The van der Waals surface area contributed by atoms with Crippen molar-refractivity contribution in [2.75, 3.05) is 44.1 Å². The van der Waals surface area contributed by atoms with Crippen LogP contribution < -0.4 is 30.6 Å². The second kappa shape index (κ2) is 8.64. The number of carbonyl (C=O) groups excluding carboxylic acids is 1. The van der Waals surface area contributed by atoms with Crippen LogP contribution in [0.3, 0.4) is 0 Å². The minimum atomic E-state index is -0.305. The number of nitrogens with zero attached hydrogens (tertiary/aromatic N) is 3. The van der Waals surface area contributed by atoms with Crippen molar-refractivity contribution in [2.24, 2.45) is 13.0 Å². The Labute approximate surface area is 163 Å². The van der Waals surface area contributed by atoms with Gasteiger partial charge in [0.2, 0.25) is 0 Å². The van der Waals surface area contributed by atoms with Crippen LogP contribution >= 0.6 is 0 Å². The van der Waals surface area contributed by atoms with Crippen molar-refractivity contribution in [1.82, 2.24) is 15.1 Å². The molecule has 0 unspecified atom stereocenters. The van der Waals surface area contributed by atoms with Crippen LogP contribution in [0, 0.1) is 5.92 Å². The van der Waals surface area contributed by atoms with Crippen LogP contribution in [0.2, 0.25) is 0 Å². The van der Waals surface area contributed by atoms with Gasteiger partial charge in [0.25, 0.3) is 5.56 Å². The molecule has 9 nitrogen and oxygen atoms in total. The SMILES string of the molecule is COc1ccc(OC)c(NC(=O)NC[C@H]2CCN(c3cnn(C)c(=O)c3)C2)c1. The molecule has 1 fully saturated rings. The summed E-state index contributed by atoms with van der Waals surface area (Å²) in [7, 11) is 4.73. The van der Waals surface area contributed by atoms with Gasteiger partial charge in [0.15, 0.2) is 0 Å². The predicted octanol–water partition coefficient (Wildman–Crippen LogP) is 1.45. The molecule has 3 rings (SSSR count). The molecule has 0 spiro atoms. The highest BCUT2D eigenvalue weighted by Gasteiger charge is 2.24. The largest absolute Gasteiger partial charge is 0.497 e. The van der Waals surface area contributed by atoms with Crippen LogP contribution in [-0.4, -0.2) is 49.7 Å². The van der Waals surface area contributed by atoms with Gasteiger partial charge in [-0.3, -0.25) is 4.79 Å². The van der Waals surface area contributed by atoms with E-state index in [1.165, 1.54) is 4.68 Å². The Kier molecular flexibility index (Phi) is 6.03. The zero-order valence-corrected chi connectivity index (χ0v) is 16.3. The van der Waals surface area contributed by atoms with E-state index in [0.29, 0.717) is 29.6 Å². The fourth-order valence-corrected chi connectivity index (χ4v) is 3.18. The first kappa shape index (κ1) is 19.5. The van der Waals surface area contributed by atoms with Gasteiger partial charge >= 0.3 is 6.03 Å². The summed E-state index contributed by atoms with van der Waals surface area (Å²) in [6.45, 7) is 2.12. The molecule has 2 aromatic rings. The monoisotopic (exact) mass is 387 g/mol. The minimum absolute atomic E-state index is 0.134. The first-order chi connectivity index (χ1) is 13.5. The van der Waals surface area contributed by atoms with Crippen molar-refractivity contribution in [3.63, 3.8) is 0 Å². The van der Waals surface area contributed by atoms with E-state index in [-0.39, 0.29) is 11.6 Å². The summed E-state index contributed by atoms with van der Waals surface area (Å²) in [5.74, 6) is 1.48. The fraction of sp³-hybridized carbons (Fsp3) is 0.421. The van der Waals surface area contributed by atoms with Crippen molar-refractivity contribution < 1.29 is 14.3 Å². The van der Waals surface area contributed by atoms with Gasteiger partial charge in [0, 0.05) is 38.8 Å². The molecule has 150 valence electrons. The van der Waals surface area contributed by atoms with Gasteiger partial charge in [-0.05, 0) is 24.5 Å². The summed E-state index contributed by atoms with van der Waals surface area (Å²) < 4.78 is 11.8. The Morgan fingerprint density at radius 2 is 2.11 bits per heavy atom. The molecule has 2 N–H and O–H groups in total. The Hall–Kier alpha value is -3.23. The zero-order valence-electron chi connectivity index (χ0n) is 16.3. The highest BCUT2D eigenvalue weighted by molar-refractivity contribution is 5.91. The molecule has 1 aromatic heterocycles. The Morgan fingerprint density at radius 1 is 1.29 bits per heavy atom. The predicted molar refractivity (Wildman–Crippen MR) is 106 cm³/mol. The first-order valence-electron chi connectivity index (χ1n) is 9.05. The van der Waals surface area contributed by atoms with Gasteiger partial charge in [-0.25, -0.2) is 9.48 Å². The second-order valence-electron chi connectivity index (χ2n) is 6.68.